The van der Waals surface area contributed by atoms with E-state index in [0.29, 0.717) is 24.6 Å². The molecule has 3 aliphatic rings. The van der Waals surface area contributed by atoms with Gasteiger partial charge in [0.25, 0.3) is 5.91 Å². The van der Waals surface area contributed by atoms with Crippen molar-refractivity contribution in [2.24, 2.45) is 11.8 Å². The third-order valence-electron chi connectivity index (χ3n) is 7.15. The van der Waals surface area contributed by atoms with Crippen molar-refractivity contribution in [3.63, 3.8) is 0 Å². The number of hydrogen-bond acceptors (Lipinski definition) is 3. The quantitative estimate of drug-likeness (QED) is 0.768. The summed E-state index contributed by atoms with van der Waals surface area (Å²) in [5, 5.41) is 0. The molecule has 2 heterocycles. The summed E-state index contributed by atoms with van der Waals surface area (Å²) < 4.78 is 0. The Labute approximate surface area is 179 Å². The van der Waals surface area contributed by atoms with Gasteiger partial charge in [-0.15, -0.1) is 0 Å². The minimum Gasteiger partial charge on any atom is -0.349 e. The predicted octanol–water partition coefficient (Wildman–Crippen LogP) is 2.79. The number of nitrogens with zero attached hydrogens (tertiary/aromatic N) is 3. The van der Waals surface area contributed by atoms with E-state index in [0.717, 1.165) is 38.5 Å². The van der Waals surface area contributed by atoms with Gasteiger partial charge in [0.2, 0.25) is 11.8 Å². The highest BCUT2D eigenvalue weighted by Crippen LogP contribution is 2.41. The molecule has 0 N–H and O–H groups in total. The molecule has 4 rings (SSSR count). The molecule has 2 aliphatic heterocycles. The van der Waals surface area contributed by atoms with Crippen LogP contribution in [0.15, 0.2) is 30.3 Å². The van der Waals surface area contributed by atoms with Crippen LogP contribution in [0.1, 0.15) is 55.3 Å². The molecule has 0 spiro atoms. The Morgan fingerprint density at radius 2 is 1.70 bits per heavy atom. The number of hydrogen-bond donors (Lipinski definition) is 0. The van der Waals surface area contributed by atoms with E-state index >= 15 is 0 Å². The molecule has 3 amide bonds. The van der Waals surface area contributed by atoms with E-state index in [9.17, 15) is 14.4 Å². The number of carbonyl (C=O) groups is 3. The van der Waals surface area contributed by atoms with Crippen molar-refractivity contribution in [2.75, 3.05) is 27.2 Å². The van der Waals surface area contributed by atoms with Gasteiger partial charge < -0.3 is 14.7 Å². The fourth-order valence-electron chi connectivity index (χ4n) is 5.66. The minimum absolute atomic E-state index is 0.0266. The summed E-state index contributed by atoms with van der Waals surface area (Å²) in [5.41, 5.74) is 0.654. The van der Waals surface area contributed by atoms with Crippen LogP contribution in [0.25, 0.3) is 0 Å². The zero-order chi connectivity index (χ0) is 21.3. The van der Waals surface area contributed by atoms with Crippen LogP contribution in [-0.2, 0) is 9.59 Å². The van der Waals surface area contributed by atoms with Gasteiger partial charge in [-0.25, -0.2) is 0 Å². The topological polar surface area (TPSA) is 60.9 Å². The lowest BCUT2D eigenvalue weighted by molar-refractivity contribution is -0.141. The Kier molecular flexibility index (Phi) is 6.11. The zero-order valence-corrected chi connectivity index (χ0v) is 18.1. The summed E-state index contributed by atoms with van der Waals surface area (Å²) in [6.45, 7) is 1.14. The first-order chi connectivity index (χ1) is 14.5. The zero-order valence-electron chi connectivity index (χ0n) is 18.1. The van der Waals surface area contributed by atoms with Gasteiger partial charge in [-0.2, -0.15) is 0 Å². The number of fused-ring (bicyclic) bond motifs is 1. The average molecular weight is 412 g/mol. The standard InChI is InChI=1S/C24H33N3O3/c1-25(2)22(28)19-12-8-14-26(16-19)24(30)21-15-18-11-6-7-13-20(18)27(21)23(29)17-9-4-3-5-10-17/h3-5,9-10,18-21H,6-8,11-16H2,1-2H3. The van der Waals surface area contributed by atoms with E-state index in [4.69, 9.17) is 0 Å². The van der Waals surface area contributed by atoms with Crippen LogP contribution >= 0.6 is 0 Å². The largest absolute Gasteiger partial charge is 0.349 e. The van der Waals surface area contributed by atoms with Crippen molar-refractivity contribution in [1.29, 1.82) is 0 Å². The van der Waals surface area contributed by atoms with Crippen molar-refractivity contribution in [3.05, 3.63) is 35.9 Å². The van der Waals surface area contributed by atoms with Crippen LogP contribution in [0, 0.1) is 11.8 Å². The van der Waals surface area contributed by atoms with E-state index in [1.54, 1.807) is 19.0 Å². The highest BCUT2D eigenvalue weighted by Gasteiger charge is 2.49. The first kappa shape index (κ1) is 20.9. The molecule has 1 saturated carbocycles. The molecular formula is C24H33N3O3. The second-order valence-electron chi connectivity index (χ2n) is 9.30. The Balaban J connectivity index is 1.56. The first-order valence-corrected chi connectivity index (χ1v) is 11.3. The Bertz CT molecular complexity index is 794. The lowest BCUT2D eigenvalue weighted by Crippen LogP contribution is -2.53. The number of benzene rings is 1. The lowest BCUT2D eigenvalue weighted by Gasteiger charge is -2.38. The normalized spacial score (nSPS) is 28.7. The van der Waals surface area contributed by atoms with Crippen molar-refractivity contribution >= 4 is 17.7 Å². The molecule has 6 heteroatoms. The summed E-state index contributed by atoms with van der Waals surface area (Å²) >= 11 is 0. The minimum atomic E-state index is -0.404. The van der Waals surface area contributed by atoms with Crippen molar-refractivity contribution < 1.29 is 14.4 Å². The van der Waals surface area contributed by atoms with Crippen molar-refractivity contribution in [3.8, 4) is 0 Å². The van der Waals surface area contributed by atoms with Gasteiger partial charge in [0.1, 0.15) is 6.04 Å². The molecule has 4 atom stereocenters. The predicted molar refractivity (Wildman–Crippen MR) is 115 cm³/mol. The second-order valence-corrected chi connectivity index (χ2v) is 9.30. The molecule has 0 aromatic heterocycles. The number of piperidine rings is 1. The maximum absolute atomic E-state index is 13.6. The monoisotopic (exact) mass is 411 g/mol. The molecule has 3 fully saturated rings. The Morgan fingerprint density at radius 1 is 0.967 bits per heavy atom. The van der Waals surface area contributed by atoms with E-state index in [1.807, 2.05) is 40.1 Å². The Hall–Kier alpha value is -2.37. The summed E-state index contributed by atoms with van der Waals surface area (Å²) in [6.07, 6.45) is 6.78. The molecule has 2 saturated heterocycles. The van der Waals surface area contributed by atoms with E-state index in [2.05, 4.69) is 0 Å². The van der Waals surface area contributed by atoms with Gasteiger partial charge >= 0.3 is 0 Å². The number of amides is 3. The van der Waals surface area contributed by atoms with Gasteiger partial charge in [-0.05, 0) is 50.2 Å². The van der Waals surface area contributed by atoms with E-state index < -0.39 is 6.04 Å². The molecule has 30 heavy (non-hydrogen) atoms. The molecule has 1 aromatic carbocycles. The fraction of sp³-hybridized carbons (Fsp3) is 0.625. The van der Waals surface area contributed by atoms with Gasteiger partial charge in [0.05, 0.1) is 5.92 Å². The molecule has 0 radical (unpaired) electrons. The molecule has 162 valence electrons. The molecule has 0 bridgehead atoms. The van der Waals surface area contributed by atoms with Gasteiger partial charge in [-0.1, -0.05) is 31.0 Å². The van der Waals surface area contributed by atoms with Crippen LogP contribution in [0.4, 0.5) is 0 Å². The van der Waals surface area contributed by atoms with Crippen LogP contribution in [0.2, 0.25) is 0 Å². The highest BCUT2D eigenvalue weighted by atomic mass is 16.2. The summed E-state index contributed by atoms with van der Waals surface area (Å²) in [6, 6.07) is 9.09. The van der Waals surface area contributed by atoms with E-state index in [-0.39, 0.29) is 29.7 Å². The van der Waals surface area contributed by atoms with Gasteiger partial charge in [0.15, 0.2) is 0 Å². The second kappa shape index (κ2) is 8.78. The Morgan fingerprint density at radius 3 is 2.43 bits per heavy atom. The lowest BCUT2D eigenvalue weighted by atomic mass is 9.84. The van der Waals surface area contributed by atoms with Crippen LogP contribution in [-0.4, -0.2) is 71.7 Å². The first-order valence-electron chi connectivity index (χ1n) is 11.3. The molecule has 1 aromatic rings. The fourth-order valence-corrected chi connectivity index (χ4v) is 5.66. The van der Waals surface area contributed by atoms with Gasteiger partial charge in [0, 0.05) is 38.8 Å². The smallest absolute Gasteiger partial charge is 0.254 e. The average Bonchev–Trinajstić information content (AvgIpc) is 3.17. The van der Waals surface area contributed by atoms with Gasteiger partial charge in [-0.3, -0.25) is 14.4 Å². The van der Waals surface area contributed by atoms with Crippen LogP contribution in [0.5, 0.6) is 0 Å². The van der Waals surface area contributed by atoms with Crippen molar-refractivity contribution in [2.45, 2.75) is 57.0 Å². The molecular weight excluding hydrogens is 378 g/mol. The number of rotatable bonds is 3. The molecule has 6 nitrogen and oxygen atoms in total. The number of likely N-dealkylation sites (tertiary alicyclic amines) is 2. The summed E-state index contributed by atoms with van der Waals surface area (Å²) in [7, 11) is 3.54. The summed E-state index contributed by atoms with van der Waals surface area (Å²) in [5.74, 6) is 0.361. The summed E-state index contributed by atoms with van der Waals surface area (Å²) in [4.78, 5) is 44.9. The molecule has 1 aliphatic carbocycles. The van der Waals surface area contributed by atoms with Crippen LogP contribution in [0.3, 0.4) is 0 Å². The maximum Gasteiger partial charge on any atom is 0.254 e. The highest BCUT2D eigenvalue weighted by molar-refractivity contribution is 5.98. The SMILES string of the molecule is CN(C)C(=O)C1CCCN(C(=O)C2CC3CCCCC3N2C(=O)c2ccccc2)C1. The maximum atomic E-state index is 13.6. The van der Waals surface area contributed by atoms with E-state index in [1.165, 1.54) is 6.42 Å². The third kappa shape index (κ3) is 3.96. The van der Waals surface area contributed by atoms with Crippen molar-refractivity contribution in [1.82, 2.24) is 14.7 Å². The number of carbonyl (C=O) groups excluding carboxylic acids is 3. The molecule has 4 unspecified atom stereocenters. The third-order valence-corrected chi connectivity index (χ3v) is 7.15. The van der Waals surface area contributed by atoms with Crippen LogP contribution < -0.4 is 0 Å².